The van der Waals surface area contributed by atoms with Crippen LogP contribution in [0.1, 0.15) is 45.2 Å². The molecule has 0 unspecified atom stereocenters. The highest BCUT2D eigenvalue weighted by Gasteiger charge is 2.34. The predicted octanol–water partition coefficient (Wildman–Crippen LogP) is 2.19. The van der Waals surface area contributed by atoms with Crippen molar-refractivity contribution in [3.63, 3.8) is 0 Å². The largest absolute Gasteiger partial charge is 0.339 e. The number of hydrogen-bond acceptors (Lipinski definition) is 3. The molecule has 0 spiro atoms. The molecule has 2 N–H and O–H groups in total. The molecular weight excluding hydrogens is 390 g/mol. The zero-order chi connectivity index (χ0) is 21.1. The first kappa shape index (κ1) is 23.1. The summed E-state index contributed by atoms with van der Waals surface area (Å²) < 4.78 is 24.1. The molecule has 0 aromatic heterocycles. The van der Waals surface area contributed by atoms with Gasteiger partial charge in [-0.05, 0) is 83.4 Å². The number of hydrogen-bond donors (Lipinski definition) is 2. The Morgan fingerprint density at radius 2 is 1.86 bits per heavy atom. The van der Waals surface area contributed by atoms with Gasteiger partial charge in [0.2, 0.25) is 0 Å². The van der Waals surface area contributed by atoms with Crippen LogP contribution in [-0.4, -0.2) is 61.2 Å². The Hall–Kier alpha value is -1.18. The number of nitrogens with one attached hydrogen (secondary N) is 2. The van der Waals surface area contributed by atoms with E-state index in [0.717, 1.165) is 18.8 Å². The fraction of sp³-hybridized carbons (Fsp3) is 0.667. The third kappa shape index (κ3) is 6.16. The summed E-state index contributed by atoms with van der Waals surface area (Å²) in [4.78, 5) is 3.61. The molecular formula is C21H36N3O2S2+. The third-order valence-corrected chi connectivity index (χ3v) is 7.88. The molecule has 1 heterocycles. The maximum absolute atomic E-state index is 12.1. The number of quaternary nitrogens is 1. The Balaban J connectivity index is 2.17. The van der Waals surface area contributed by atoms with Crippen molar-refractivity contribution in [1.82, 2.24) is 4.90 Å². The minimum absolute atomic E-state index is 0.0443. The van der Waals surface area contributed by atoms with Gasteiger partial charge in [-0.25, -0.2) is 8.42 Å². The Kier molecular flexibility index (Phi) is 7.88. The first-order valence-corrected chi connectivity index (χ1v) is 12.4. The molecule has 0 saturated carbocycles. The molecule has 28 heavy (non-hydrogen) atoms. The van der Waals surface area contributed by atoms with Gasteiger partial charge in [0, 0.05) is 11.7 Å². The summed E-state index contributed by atoms with van der Waals surface area (Å²) in [7, 11) is -2.97. The lowest BCUT2D eigenvalue weighted by Crippen LogP contribution is -3.18. The van der Waals surface area contributed by atoms with Crippen LogP contribution in [0, 0.1) is 13.8 Å². The molecule has 1 atom stereocenters. The smallest absolute Gasteiger partial charge is 0.173 e. The fourth-order valence-electron chi connectivity index (χ4n) is 3.98. The van der Waals surface area contributed by atoms with Crippen LogP contribution >= 0.6 is 12.2 Å². The van der Waals surface area contributed by atoms with E-state index in [-0.39, 0.29) is 17.5 Å². The quantitative estimate of drug-likeness (QED) is 0.655. The number of aryl methyl sites for hydroxylation is 2. The van der Waals surface area contributed by atoms with Crippen molar-refractivity contribution >= 4 is 32.9 Å². The van der Waals surface area contributed by atoms with Gasteiger partial charge in [-0.2, -0.15) is 0 Å². The molecule has 2 rings (SSSR count). The van der Waals surface area contributed by atoms with Crippen molar-refractivity contribution in [2.24, 2.45) is 0 Å². The first-order chi connectivity index (χ1) is 13.0. The maximum atomic E-state index is 12.1. The monoisotopic (exact) mass is 426 g/mol. The second kappa shape index (κ2) is 9.55. The van der Waals surface area contributed by atoms with Crippen molar-refractivity contribution in [3.05, 3.63) is 29.3 Å². The van der Waals surface area contributed by atoms with Crippen LogP contribution in [0.15, 0.2) is 18.2 Å². The van der Waals surface area contributed by atoms with Gasteiger partial charge in [0.05, 0.1) is 36.7 Å². The van der Waals surface area contributed by atoms with Gasteiger partial charge >= 0.3 is 0 Å². The number of rotatable bonds is 7. The third-order valence-electron chi connectivity index (χ3n) is 5.79. The Morgan fingerprint density at radius 1 is 1.21 bits per heavy atom. The van der Waals surface area contributed by atoms with Crippen LogP contribution in [0.3, 0.4) is 0 Å². The molecule has 1 aromatic carbocycles. The number of anilines is 1. The average molecular weight is 427 g/mol. The molecule has 0 bridgehead atoms. The topological polar surface area (TPSA) is 53.9 Å². The lowest BCUT2D eigenvalue weighted by atomic mass is 10.1. The van der Waals surface area contributed by atoms with Crippen LogP contribution in [-0.2, 0) is 9.84 Å². The summed E-state index contributed by atoms with van der Waals surface area (Å²) >= 11 is 5.74. The van der Waals surface area contributed by atoms with Crippen molar-refractivity contribution in [2.45, 2.75) is 66.1 Å². The summed E-state index contributed by atoms with van der Waals surface area (Å²) in [6, 6.07) is 7.17. The second-order valence-corrected chi connectivity index (χ2v) is 11.2. The standard InChI is InChI=1S/C21H35N3O2S2/c1-15(2)23(16(3)4)10-11-24(20-9-12-28(25,26)14-20)21(27)22-19-8-7-17(5)18(6)13-19/h7-8,13,15-16,20H,9-12,14H2,1-6H3,(H,22,27)/p+1/t20-/m1/s1. The van der Waals surface area contributed by atoms with Crippen LogP contribution in [0.4, 0.5) is 5.69 Å². The minimum Gasteiger partial charge on any atom is -0.339 e. The number of thiocarbonyl (C=S) groups is 1. The van der Waals surface area contributed by atoms with E-state index in [9.17, 15) is 8.42 Å². The molecule has 1 fully saturated rings. The van der Waals surface area contributed by atoms with Crippen LogP contribution in [0.25, 0.3) is 0 Å². The van der Waals surface area contributed by atoms with E-state index in [1.165, 1.54) is 16.0 Å². The summed E-state index contributed by atoms with van der Waals surface area (Å²) in [5.74, 6) is 0.450. The summed E-state index contributed by atoms with van der Waals surface area (Å²) in [6.07, 6.45) is 0.649. The highest BCUT2D eigenvalue weighted by atomic mass is 32.2. The van der Waals surface area contributed by atoms with E-state index < -0.39 is 9.84 Å². The molecule has 1 aliphatic rings. The second-order valence-electron chi connectivity index (χ2n) is 8.61. The summed E-state index contributed by atoms with van der Waals surface area (Å²) in [6.45, 7) is 14.8. The van der Waals surface area contributed by atoms with Crippen LogP contribution < -0.4 is 10.2 Å². The van der Waals surface area contributed by atoms with Gasteiger partial charge in [0.1, 0.15) is 0 Å². The average Bonchev–Trinajstić information content (AvgIpc) is 2.93. The van der Waals surface area contributed by atoms with E-state index in [1.807, 2.05) is 6.07 Å². The van der Waals surface area contributed by atoms with Crippen molar-refractivity contribution < 1.29 is 13.3 Å². The first-order valence-electron chi connectivity index (χ1n) is 10.2. The molecule has 1 saturated heterocycles. The SMILES string of the molecule is Cc1ccc(NC(=S)N(CC[NH+](C(C)C)C(C)C)[C@@H]2CCS(=O)(=O)C2)cc1C. The van der Waals surface area contributed by atoms with Gasteiger partial charge in [-0.1, -0.05) is 6.07 Å². The lowest BCUT2D eigenvalue weighted by Gasteiger charge is -2.34. The van der Waals surface area contributed by atoms with Crippen molar-refractivity contribution in [3.8, 4) is 0 Å². The number of nitrogens with zero attached hydrogens (tertiary/aromatic N) is 1. The highest BCUT2D eigenvalue weighted by molar-refractivity contribution is 7.91. The Morgan fingerprint density at radius 3 is 2.36 bits per heavy atom. The number of sulfone groups is 1. The Labute approximate surface area is 176 Å². The van der Waals surface area contributed by atoms with E-state index in [2.05, 4.69) is 63.9 Å². The van der Waals surface area contributed by atoms with Crippen molar-refractivity contribution in [2.75, 3.05) is 29.9 Å². The van der Waals surface area contributed by atoms with Gasteiger partial charge in [-0.3, -0.25) is 0 Å². The van der Waals surface area contributed by atoms with Crippen molar-refractivity contribution in [1.29, 1.82) is 0 Å². The van der Waals surface area contributed by atoms with E-state index in [0.29, 0.717) is 23.6 Å². The zero-order valence-corrected chi connectivity index (χ0v) is 19.7. The molecule has 158 valence electrons. The molecule has 1 aromatic rings. The minimum atomic E-state index is -2.97. The predicted molar refractivity (Wildman–Crippen MR) is 122 cm³/mol. The van der Waals surface area contributed by atoms with E-state index >= 15 is 0 Å². The van der Waals surface area contributed by atoms with E-state index in [4.69, 9.17) is 12.2 Å². The van der Waals surface area contributed by atoms with Gasteiger partial charge < -0.3 is 15.1 Å². The van der Waals surface area contributed by atoms with E-state index in [1.54, 1.807) is 0 Å². The highest BCUT2D eigenvalue weighted by Crippen LogP contribution is 2.20. The molecule has 7 heteroatoms. The molecule has 0 radical (unpaired) electrons. The van der Waals surface area contributed by atoms with Crippen LogP contribution in [0.5, 0.6) is 0 Å². The summed E-state index contributed by atoms with van der Waals surface area (Å²) in [5, 5.41) is 3.97. The maximum Gasteiger partial charge on any atom is 0.173 e. The zero-order valence-electron chi connectivity index (χ0n) is 18.1. The summed E-state index contributed by atoms with van der Waals surface area (Å²) in [5.41, 5.74) is 3.40. The van der Waals surface area contributed by atoms with Gasteiger partial charge in [0.25, 0.3) is 0 Å². The van der Waals surface area contributed by atoms with Gasteiger partial charge in [0.15, 0.2) is 14.9 Å². The molecule has 1 aliphatic heterocycles. The fourth-order valence-corrected chi connectivity index (χ4v) is 6.07. The molecule has 0 aliphatic carbocycles. The van der Waals surface area contributed by atoms with Gasteiger partial charge in [-0.15, -0.1) is 0 Å². The molecule has 5 nitrogen and oxygen atoms in total. The molecule has 0 amide bonds. The van der Waals surface area contributed by atoms with Crippen LogP contribution in [0.2, 0.25) is 0 Å². The normalized spacial score (nSPS) is 18.8. The number of benzene rings is 1. The Bertz CT molecular complexity index is 783. The lowest BCUT2D eigenvalue weighted by molar-refractivity contribution is -0.941.